The lowest BCUT2D eigenvalue weighted by Gasteiger charge is -2.30. The lowest BCUT2D eigenvalue weighted by atomic mass is 10.1. The minimum absolute atomic E-state index is 0.0706. The molecular formula is C23H21ClFN5O2. The van der Waals surface area contributed by atoms with Gasteiger partial charge in [-0.2, -0.15) is 0 Å². The van der Waals surface area contributed by atoms with Gasteiger partial charge in [0.05, 0.1) is 13.7 Å². The monoisotopic (exact) mass is 453 g/mol. The lowest BCUT2D eigenvalue weighted by molar-refractivity contribution is 0.0703. The van der Waals surface area contributed by atoms with Crippen molar-refractivity contribution in [2.45, 2.75) is 18.9 Å². The maximum absolute atomic E-state index is 14.4. The molecule has 0 spiro atoms. The summed E-state index contributed by atoms with van der Waals surface area (Å²) in [5.74, 6) is -0.0532. The molecular weight excluding hydrogens is 433 g/mol. The van der Waals surface area contributed by atoms with Gasteiger partial charge in [-0.15, -0.1) is 0 Å². The quantitative estimate of drug-likeness (QED) is 0.592. The van der Waals surface area contributed by atoms with E-state index in [0.717, 1.165) is 12.8 Å². The predicted molar refractivity (Wildman–Crippen MR) is 120 cm³/mol. The molecule has 2 N–H and O–H groups in total. The molecule has 32 heavy (non-hydrogen) atoms. The standard InChI is InChI=1S/C23H21ClFN5O2/c1-27-19-10-5-14(12-18(19)25)22-28-20(23(31)29-11-3-4-15(26)13-29)21(24)30(22)16-6-8-17(32-2)9-7-16/h5-10,12,15H,3-4,11,13,26H2,2H3/t15-/m0/s1. The fourth-order valence-corrected chi connectivity index (χ4v) is 4.08. The number of nitrogens with two attached hydrogens (primary N) is 1. The van der Waals surface area contributed by atoms with Crippen LogP contribution < -0.4 is 10.5 Å². The van der Waals surface area contributed by atoms with Crippen LogP contribution in [0.15, 0.2) is 42.5 Å². The Kier molecular flexibility index (Phi) is 6.12. The molecule has 0 bridgehead atoms. The van der Waals surface area contributed by atoms with Crippen molar-refractivity contribution in [2.75, 3.05) is 20.2 Å². The summed E-state index contributed by atoms with van der Waals surface area (Å²) in [6.45, 7) is 8.07. The highest BCUT2D eigenvalue weighted by Crippen LogP contribution is 2.33. The van der Waals surface area contributed by atoms with Gasteiger partial charge in [0.1, 0.15) is 22.5 Å². The number of ether oxygens (including phenoxy) is 1. The van der Waals surface area contributed by atoms with Crippen LogP contribution in [-0.2, 0) is 0 Å². The Morgan fingerprint density at radius 2 is 2.06 bits per heavy atom. The summed E-state index contributed by atoms with van der Waals surface area (Å²) >= 11 is 6.68. The Balaban J connectivity index is 1.85. The minimum atomic E-state index is -0.673. The summed E-state index contributed by atoms with van der Waals surface area (Å²) < 4.78 is 21.2. The SMILES string of the molecule is [C-]#[N+]c1ccc(-c2nc(C(=O)N3CCC[C@H](N)C3)c(Cl)n2-c2ccc(OC)cc2)cc1F. The molecule has 0 unspecified atom stereocenters. The Hall–Kier alpha value is -3.41. The molecule has 2 aromatic carbocycles. The van der Waals surface area contributed by atoms with E-state index in [1.165, 1.54) is 12.1 Å². The van der Waals surface area contributed by atoms with Crippen LogP contribution in [0, 0.1) is 12.4 Å². The maximum Gasteiger partial charge on any atom is 0.275 e. The van der Waals surface area contributed by atoms with E-state index in [4.69, 9.17) is 28.6 Å². The molecule has 0 aliphatic carbocycles. The summed E-state index contributed by atoms with van der Waals surface area (Å²) in [6.07, 6.45) is 1.66. The number of carbonyl (C=O) groups is 1. The minimum Gasteiger partial charge on any atom is -0.497 e. The topological polar surface area (TPSA) is 77.7 Å². The molecule has 0 saturated carbocycles. The summed E-state index contributed by atoms with van der Waals surface area (Å²) in [5, 5.41) is 0.115. The second-order valence-corrected chi connectivity index (χ2v) is 7.90. The number of piperidine rings is 1. The van der Waals surface area contributed by atoms with Gasteiger partial charge >= 0.3 is 0 Å². The molecule has 2 heterocycles. The number of methoxy groups -OCH3 is 1. The van der Waals surface area contributed by atoms with Gasteiger partial charge in [0.25, 0.3) is 5.91 Å². The van der Waals surface area contributed by atoms with Crippen LogP contribution in [0.3, 0.4) is 0 Å². The molecule has 7 nitrogen and oxygen atoms in total. The number of aromatic nitrogens is 2. The van der Waals surface area contributed by atoms with Crippen LogP contribution in [0.25, 0.3) is 21.9 Å². The Morgan fingerprint density at radius 3 is 2.69 bits per heavy atom. The van der Waals surface area contributed by atoms with Crippen molar-refractivity contribution in [3.05, 3.63) is 70.5 Å². The van der Waals surface area contributed by atoms with Crippen molar-refractivity contribution in [1.82, 2.24) is 14.5 Å². The van der Waals surface area contributed by atoms with E-state index in [0.29, 0.717) is 35.9 Å². The first-order valence-electron chi connectivity index (χ1n) is 10.1. The Labute approximate surface area is 190 Å². The summed E-state index contributed by atoms with van der Waals surface area (Å²) in [6, 6.07) is 11.1. The third-order valence-corrected chi connectivity index (χ3v) is 5.77. The molecule has 1 atom stereocenters. The smallest absolute Gasteiger partial charge is 0.275 e. The number of nitrogens with zero attached hydrogens (tertiary/aromatic N) is 4. The first kappa shape index (κ1) is 21.8. The fourth-order valence-electron chi connectivity index (χ4n) is 3.78. The van der Waals surface area contributed by atoms with E-state index in [-0.39, 0.29) is 28.5 Å². The van der Waals surface area contributed by atoms with Gasteiger partial charge in [0, 0.05) is 30.4 Å². The summed E-state index contributed by atoms with van der Waals surface area (Å²) in [5.41, 5.74) is 7.03. The van der Waals surface area contributed by atoms with Gasteiger partial charge in [-0.1, -0.05) is 23.7 Å². The van der Waals surface area contributed by atoms with Crippen molar-refractivity contribution in [3.8, 4) is 22.8 Å². The zero-order valence-corrected chi connectivity index (χ0v) is 18.1. The second-order valence-electron chi connectivity index (χ2n) is 7.54. The van der Waals surface area contributed by atoms with Gasteiger partial charge in [-0.05, 0) is 43.2 Å². The summed E-state index contributed by atoms with van der Waals surface area (Å²) in [4.78, 5) is 22.6. The van der Waals surface area contributed by atoms with Gasteiger partial charge in [-0.3, -0.25) is 9.36 Å². The average molecular weight is 454 g/mol. The maximum atomic E-state index is 14.4. The van der Waals surface area contributed by atoms with Gasteiger partial charge in [-0.25, -0.2) is 14.2 Å². The number of halogens is 2. The molecule has 1 aromatic heterocycles. The van der Waals surface area contributed by atoms with E-state index < -0.39 is 5.82 Å². The number of imidazole rings is 1. The largest absolute Gasteiger partial charge is 0.497 e. The second kappa shape index (κ2) is 8.99. The Morgan fingerprint density at radius 1 is 1.31 bits per heavy atom. The molecule has 9 heteroatoms. The van der Waals surface area contributed by atoms with Gasteiger partial charge in [0.15, 0.2) is 5.69 Å². The number of rotatable bonds is 4. The van der Waals surface area contributed by atoms with Gasteiger partial charge in [0.2, 0.25) is 5.69 Å². The van der Waals surface area contributed by atoms with Crippen molar-refractivity contribution in [3.63, 3.8) is 0 Å². The first-order valence-corrected chi connectivity index (χ1v) is 10.5. The highest BCUT2D eigenvalue weighted by molar-refractivity contribution is 6.33. The molecule has 0 radical (unpaired) electrons. The first-order chi connectivity index (χ1) is 15.4. The average Bonchev–Trinajstić information content (AvgIpc) is 3.15. The van der Waals surface area contributed by atoms with Crippen LogP contribution in [0.4, 0.5) is 10.1 Å². The molecule has 1 amide bonds. The highest BCUT2D eigenvalue weighted by Gasteiger charge is 2.29. The number of hydrogen-bond acceptors (Lipinski definition) is 4. The zero-order valence-electron chi connectivity index (χ0n) is 17.4. The summed E-state index contributed by atoms with van der Waals surface area (Å²) in [7, 11) is 1.56. The van der Waals surface area contributed by atoms with Crippen molar-refractivity contribution >= 4 is 23.2 Å². The van der Waals surface area contributed by atoms with Gasteiger partial charge < -0.3 is 15.4 Å². The van der Waals surface area contributed by atoms with Crippen molar-refractivity contribution < 1.29 is 13.9 Å². The lowest BCUT2D eigenvalue weighted by Crippen LogP contribution is -2.45. The van der Waals surface area contributed by atoms with Crippen LogP contribution in [-0.4, -0.2) is 46.6 Å². The number of likely N-dealkylation sites (tertiary alicyclic amines) is 1. The molecule has 1 saturated heterocycles. The number of benzene rings is 2. The molecule has 164 valence electrons. The van der Waals surface area contributed by atoms with E-state index in [9.17, 15) is 9.18 Å². The molecule has 1 aliphatic rings. The Bertz CT molecular complexity index is 1200. The van der Waals surface area contributed by atoms with Crippen molar-refractivity contribution in [1.29, 1.82) is 0 Å². The number of carbonyl (C=O) groups excluding carboxylic acids is 1. The third kappa shape index (κ3) is 4.05. The predicted octanol–water partition coefficient (Wildman–Crippen LogP) is 4.45. The molecule has 4 rings (SSSR count). The van der Waals surface area contributed by atoms with Crippen LogP contribution in [0.5, 0.6) is 5.75 Å². The van der Waals surface area contributed by atoms with Crippen LogP contribution in [0.1, 0.15) is 23.3 Å². The van der Waals surface area contributed by atoms with E-state index in [2.05, 4.69) is 9.83 Å². The van der Waals surface area contributed by atoms with Crippen LogP contribution in [0.2, 0.25) is 5.15 Å². The van der Waals surface area contributed by atoms with E-state index in [1.54, 1.807) is 46.9 Å². The fraction of sp³-hybridized carbons (Fsp3) is 0.261. The third-order valence-electron chi connectivity index (χ3n) is 5.43. The van der Waals surface area contributed by atoms with Crippen LogP contribution >= 0.6 is 11.6 Å². The van der Waals surface area contributed by atoms with E-state index >= 15 is 0 Å². The highest BCUT2D eigenvalue weighted by atomic mass is 35.5. The molecule has 1 aliphatic heterocycles. The van der Waals surface area contributed by atoms with Crippen molar-refractivity contribution in [2.24, 2.45) is 5.73 Å². The molecule has 1 fully saturated rings. The van der Waals surface area contributed by atoms with E-state index in [1.807, 2.05) is 0 Å². The normalized spacial score (nSPS) is 16.0. The number of amides is 1. The number of hydrogen-bond donors (Lipinski definition) is 1. The molecule has 3 aromatic rings. The zero-order chi connectivity index (χ0) is 22.8.